The van der Waals surface area contributed by atoms with Gasteiger partial charge in [-0.15, -0.1) is 0 Å². The molecule has 0 saturated heterocycles. The lowest BCUT2D eigenvalue weighted by Crippen LogP contribution is -2.27. The molecule has 0 saturated carbocycles. The summed E-state index contributed by atoms with van der Waals surface area (Å²) >= 11 is 0. The number of aliphatic hydroxyl groups excluding tert-OH is 1. The van der Waals surface area contributed by atoms with Crippen LogP contribution in [0.25, 0.3) is 0 Å². The highest BCUT2D eigenvalue weighted by atomic mass is 32.2. The molecule has 0 aliphatic carbocycles. The van der Waals surface area contributed by atoms with Crippen molar-refractivity contribution in [1.82, 2.24) is 4.72 Å². The third kappa shape index (κ3) is 4.96. The molecule has 5 nitrogen and oxygen atoms in total. The van der Waals surface area contributed by atoms with Crippen molar-refractivity contribution in [2.75, 3.05) is 6.54 Å². The molecular weight excluding hydrogens is 297 g/mol. The minimum atomic E-state index is -3.57. The van der Waals surface area contributed by atoms with Crippen molar-refractivity contribution in [2.45, 2.75) is 18.3 Å². The van der Waals surface area contributed by atoms with Gasteiger partial charge in [0.15, 0.2) is 0 Å². The Bertz CT molecular complexity index is 670. The van der Waals surface area contributed by atoms with Crippen LogP contribution in [0.5, 0.6) is 0 Å². The number of halogens is 1. The van der Waals surface area contributed by atoms with Gasteiger partial charge in [-0.3, -0.25) is 0 Å². The van der Waals surface area contributed by atoms with Gasteiger partial charge in [0.2, 0.25) is 10.0 Å². The molecule has 2 aromatic rings. The molecule has 0 amide bonds. The van der Waals surface area contributed by atoms with Crippen molar-refractivity contribution in [3.63, 3.8) is 0 Å². The zero-order chi connectivity index (χ0) is 15.3. The van der Waals surface area contributed by atoms with Crippen LogP contribution in [0.2, 0.25) is 0 Å². The van der Waals surface area contributed by atoms with E-state index in [1.54, 1.807) is 18.2 Å². The summed E-state index contributed by atoms with van der Waals surface area (Å²) in [6.07, 6.45) is 0.764. The van der Waals surface area contributed by atoms with Crippen molar-refractivity contribution in [3.05, 3.63) is 59.8 Å². The summed E-state index contributed by atoms with van der Waals surface area (Å²) in [5, 5.41) is 9.75. The van der Waals surface area contributed by atoms with Crippen molar-refractivity contribution >= 4 is 10.0 Å². The summed E-state index contributed by atoms with van der Waals surface area (Å²) in [6.45, 7) is 0.0690. The number of hydrogen-bond acceptors (Lipinski definition) is 4. The molecule has 0 spiro atoms. The molecule has 7 heteroatoms. The van der Waals surface area contributed by atoms with Gasteiger partial charge in [0.05, 0.1) is 12.0 Å². The van der Waals surface area contributed by atoms with E-state index in [1.807, 2.05) is 0 Å². The molecule has 1 heterocycles. The number of aliphatic hydroxyl groups is 1. The Kier molecular flexibility index (Phi) is 5.11. The van der Waals surface area contributed by atoms with Crippen LogP contribution in [0.3, 0.4) is 0 Å². The fourth-order valence-electron chi connectivity index (χ4n) is 1.87. The molecule has 1 atom stereocenters. The fraction of sp³-hybridized carbons (Fsp3) is 0.286. The molecule has 2 N–H and O–H groups in total. The Morgan fingerprint density at radius 2 is 2.10 bits per heavy atom. The SMILES string of the molecule is O=S(=O)(Cc1cccc(F)c1)NCCC(O)c1ccco1. The quantitative estimate of drug-likeness (QED) is 0.819. The average molecular weight is 313 g/mol. The van der Waals surface area contributed by atoms with Crippen molar-refractivity contribution in [2.24, 2.45) is 0 Å². The maximum absolute atomic E-state index is 13.0. The summed E-state index contributed by atoms with van der Waals surface area (Å²) in [7, 11) is -3.57. The lowest BCUT2D eigenvalue weighted by Gasteiger charge is -2.09. The van der Waals surface area contributed by atoms with Crippen LogP contribution in [0.15, 0.2) is 47.1 Å². The highest BCUT2D eigenvalue weighted by Crippen LogP contribution is 2.16. The Morgan fingerprint density at radius 1 is 1.29 bits per heavy atom. The van der Waals surface area contributed by atoms with Gasteiger partial charge in [-0.2, -0.15) is 0 Å². The molecule has 1 aromatic carbocycles. The van der Waals surface area contributed by atoms with Gasteiger partial charge < -0.3 is 9.52 Å². The van der Waals surface area contributed by atoms with Gasteiger partial charge in [-0.05, 0) is 36.2 Å². The monoisotopic (exact) mass is 313 g/mol. The molecule has 21 heavy (non-hydrogen) atoms. The second kappa shape index (κ2) is 6.84. The molecule has 1 unspecified atom stereocenters. The zero-order valence-electron chi connectivity index (χ0n) is 11.2. The second-order valence-electron chi connectivity index (χ2n) is 4.60. The molecule has 0 aliphatic rings. The average Bonchev–Trinajstić information content (AvgIpc) is 2.91. The molecule has 0 aliphatic heterocycles. The van der Waals surface area contributed by atoms with E-state index in [0.717, 1.165) is 0 Å². The van der Waals surface area contributed by atoms with Crippen LogP contribution in [0, 0.1) is 5.82 Å². The van der Waals surface area contributed by atoms with E-state index < -0.39 is 21.9 Å². The Labute approximate surface area is 122 Å². The normalized spacial score (nSPS) is 13.2. The number of nitrogens with one attached hydrogen (secondary N) is 1. The smallest absolute Gasteiger partial charge is 0.215 e. The third-order valence-electron chi connectivity index (χ3n) is 2.86. The van der Waals surface area contributed by atoms with Crippen molar-refractivity contribution in [3.8, 4) is 0 Å². The summed E-state index contributed by atoms with van der Waals surface area (Å²) in [5.41, 5.74) is 0.370. The van der Waals surface area contributed by atoms with Crippen LogP contribution in [0.4, 0.5) is 4.39 Å². The standard InChI is InChI=1S/C14H16FNO4S/c15-12-4-1-3-11(9-12)10-21(18,19)16-7-6-13(17)14-5-2-8-20-14/h1-5,8-9,13,16-17H,6-7,10H2. The molecule has 2 rings (SSSR count). The second-order valence-corrected chi connectivity index (χ2v) is 6.41. The molecule has 0 bridgehead atoms. The first kappa shape index (κ1) is 15.7. The van der Waals surface area contributed by atoms with Gasteiger partial charge >= 0.3 is 0 Å². The first-order valence-electron chi connectivity index (χ1n) is 6.39. The maximum Gasteiger partial charge on any atom is 0.215 e. The van der Waals surface area contributed by atoms with E-state index in [4.69, 9.17) is 4.42 Å². The predicted octanol–water partition coefficient (Wildman–Crippen LogP) is 1.96. The van der Waals surface area contributed by atoms with E-state index in [9.17, 15) is 17.9 Å². The number of sulfonamides is 1. The van der Waals surface area contributed by atoms with Crippen LogP contribution in [-0.2, 0) is 15.8 Å². The van der Waals surface area contributed by atoms with E-state index >= 15 is 0 Å². The van der Waals surface area contributed by atoms with E-state index in [0.29, 0.717) is 11.3 Å². The summed E-state index contributed by atoms with van der Waals surface area (Å²) in [4.78, 5) is 0. The molecule has 0 fully saturated rings. The van der Waals surface area contributed by atoms with E-state index in [2.05, 4.69) is 4.72 Å². The van der Waals surface area contributed by atoms with E-state index in [1.165, 1.54) is 24.5 Å². The molecule has 114 valence electrons. The Balaban J connectivity index is 1.84. The minimum absolute atomic E-state index is 0.0690. The predicted molar refractivity (Wildman–Crippen MR) is 75.3 cm³/mol. The first-order valence-corrected chi connectivity index (χ1v) is 8.05. The zero-order valence-corrected chi connectivity index (χ0v) is 12.0. The number of benzene rings is 1. The molecular formula is C14H16FNO4S. The summed E-state index contributed by atoms with van der Waals surface area (Å²) in [6, 6.07) is 8.69. The highest BCUT2D eigenvalue weighted by Gasteiger charge is 2.14. The first-order chi connectivity index (χ1) is 9.96. The lowest BCUT2D eigenvalue weighted by atomic mass is 10.2. The Hall–Kier alpha value is -1.70. The Morgan fingerprint density at radius 3 is 2.76 bits per heavy atom. The number of hydrogen-bond donors (Lipinski definition) is 2. The molecule has 1 aromatic heterocycles. The fourth-order valence-corrected chi connectivity index (χ4v) is 3.02. The largest absolute Gasteiger partial charge is 0.467 e. The van der Waals surface area contributed by atoms with Gasteiger partial charge in [-0.1, -0.05) is 12.1 Å². The summed E-state index contributed by atoms with van der Waals surface area (Å²) < 4.78 is 44.1. The van der Waals surface area contributed by atoms with Crippen LogP contribution < -0.4 is 4.72 Å². The maximum atomic E-state index is 13.0. The number of furan rings is 1. The van der Waals surface area contributed by atoms with Crippen LogP contribution >= 0.6 is 0 Å². The van der Waals surface area contributed by atoms with Crippen molar-refractivity contribution in [1.29, 1.82) is 0 Å². The van der Waals surface area contributed by atoms with Gasteiger partial charge in [0.1, 0.15) is 17.7 Å². The topological polar surface area (TPSA) is 79.5 Å². The van der Waals surface area contributed by atoms with Gasteiger partial charge in [0, 0.05) is 6.54 Å². The van der Waals surface area contributed by atoms with Gasteiger partial charge in [0.25, 0.3) is 0 Å². The third-order valence-corrected chi connectivity index (χ3v) is 4.21. The van der Waals surface area contributed by atoms with Gasteiger partial charge in [-0.25, -0.2) is 17.5 Å². The minimum Gasteiger partial charge on any atom is -0.467 e. The summed E-state index contributed by atoms with van der Waals surface area (Å²) in [5.74, 6) is -0.392. The van der Waals surface area contributed by atoms with Crippen LogP contribution in [-0.4, -0.2) is 20.1 Å². The number of rotatable bonds is 7. The highest BCUT2D eigenvalue weighted by molar-refractivity contribution is 7.88. The van der Waals surface area contributed by atoms with Crippen molar-refractivity contribution < 1.29 is 22.3 Å². The molecule has 0 radical (unpaired) electrons. The van der Waals surface area contributed by atoms with E-state index in [-0.39, 0.29) is 18.7 Å². The van der Waals surface area contributed by atoms with Crippen LogP contribution in [0.1, 0.15) is 23.8 Å². The lowest BCUT2D eigenvalue weighted by molar-refractivity contribution is 0.142.